The van der Waals surface area contributed by atoms with Crippen LogP contribution in [0, 0.1) is 0 Å². The van der Waals surface area contributed by atoms with Gasteiger partial charge in [-0.15, -0.1) is 11.3 Å². The molecule has 3 heterocycles. The number of benzene rings is 7. The molecule has 234 valence electrons. The Balaban J connectivity index is 1.13. The Hall–Kier alpha value is -6.36. The summed E-state index contributed by atoms with van der Waals surface area (Å²) in [4.78, 5) is 11.5. The monoisotopic (exact) mass is 655 g/mol. The summed E-state index contributed by atoms with van der Waals surface area (Å²) in [6, 6.07) is 62.6. The van der Waals surface area contributed by atoms with Crippen LogP contribution in [0.5, 0.6) is 0 Å². The summed E-state index contributed by atoms with van der Waals surface area (Å²) in [6.45, 7) is 0. The molecule has 0 atom stereocenters. The fourth-order valence-electron chi connectivity index (χ4n) is 7.23. The molecule has 0 unspecified atom stereocenters. The molecule has 0 radical (unpaired) electrons. The fraction of sp³-hybridized carbons (Fsp3) is 0. The van der Waals surface area contributed by atoms with E-state index in [1.807, 2.05) is 12.1 Å². The number of nitrogens with zero attached hydrogens (tertiary/aromatic N) is 3. The van der Waals surface area contributed by atoms with Gasteiger partial charge in [0.1, 0.15) is 10.3 Å². The lowest BCUT2D eigenvalue weighted by atomic mass is 10.0. The van der Waals surface area contributed by atoms with E-state index in [4.69, 9.17) is 9.97 Å². The van der Waals surface area contributed by atoms with E-state index in [1.54, 1.807) is 11.3 Å². The zero-order valence-electron chi connectivity index (χ0n) is 27.0. The van der Waals surface area contributed by atoms with Crippen LogP contribution in [-0.2, 0) is 0 Å². The second-order valence-electron chi connectivity index (χ2n) is 12.6. The van der Waals surface area contributed by atoms with Gasteiger partial charge in [0.2, 0.25) is 0 Å². The van der Waals surface area contributed by atoms with Crippen LogP contribution in [0.4, 0.5) is 0 Å². The summed E-state index contributed by atoms with van der Waals surface area (Å²) < 4.78 is 3.57. The molecule has 0 aliphatic carbocycles. The summed E-state index contributed by atoms with van der Waals surface area (Å²) in [7, 11) is 0. The van der Waals surface area contributed by atoms with Gasteiger partial charge in [0.15, 0.2) is 0 Å². The lowest BCUT2D eigenvalue weighted by Gasteiger charge is -2.11. The van der Waals surface area contributed by atoms with Gasteiger partial charge in [-0.1, -0.05) is 133 Å². The molecule has 0 spiro atoms. The molecule has 0 amide bonds. The van der Waals surface area contributed by atoms with Gasteiger partial charge < -0.3 is 4.57 Å². The maximum absolute atomic E-state index is 5.35. The summed E-state index contributed by atoms with van der Waals surface area (Å²) >= 11 is 1.71. The Morgan fingerprint density at radius 1 is 0.380 bits per heavy atom. The van der Waals surface area contributed by atoms with E-state index in [2.05, 4.69) is 168 Å². The third-order valence-corrected chi connectivity index (χ3v) is 10.7. The molecule has 0 bridgehead atoms. The molecule has 0 N–H and O–H groups in total. The SMILES string of the molecule is c1ccc(-c2cccc(-n3c4ccccc4c4cc(-c5ccc6sc7nc(-c8ccccc8)c(-c8ccccc8)nc7c6c5)ccc43)c2)cc1. The third kappa shape index (κ3) is 4.73. The summed E-state index contributed by atoms with van der Waals surface area (Å²) in [6.07, 6.45) is 0. The number of thiophene rings is 1. The van der Waals surface area contributed by atoms with Crippen LogP contribution < -0.4 is 0 Å². The second-order valence-corrected chi connectivity index (χ2v) is 13.7. The average Bonchev–Trinajstić information content (AvgIpc) is 3.73. The van der Waals surface area contributed by atoms with Crippen LogP contribution in [0.3, 0.4) is 0 Å². The maximum atomic E-state index is 5.35. The number of hydrogen-bond acceptors (Lipinski definition) is 3. The molecule has 10 aromatic rings. The predicted octanol–water partition coefficient (Wildman–Crippen LogP) is 12.6. The van der Waals surface area contributed by atoms with Crippen molar-refractivity contribution in [2.75, 3.05) is 0 Å². The summed E-state index contributed by atoms with van der Waals surface area (Å²) in [5, 5.41) is 3.60. The van der Waals surface area contributed by atoms with Crippen molar-refractivity contribution < 1.29 is 0 Å². The Bertz CT molecular complexity index is 2850. The van der Waals surface area contributed by atoms with E-state index >= 15 is 0 Å². The van der Waals surface area contributed by atoms with Gasteiger partial charge >= 0.3 is 0 Å². The Morgan fingerprint density at radius 3 is 1.68 bits per heavy atom. The molecular weight excluding hydrogens is 627 g/mol. The van der Waals surface area contributed by atoms with Crippen molar-refractivity contribution in [1.82, 2.24) is 14.5 Å². The van der Waals surface area contributed by atoms with Crippen molar-refractivity contribution in [3.63, 3.8) is 0 Å². The average molecular weight is 656 g/mol. The molecule has 50 heavy (non-hydrogen) atoms. The highest BCUT2D eigenvalue weighted by molar-refractivity contribution is 7.25. The van der Waals surface area contributed by atoms with E-state index in [0.29, 0.717) is 0 Å². The van der Waals surface area contributed by atoms with E-state index in [-0.39, 0.29) is 0 Å². The molecule has 0 saturated carbocycles. The molecule has 0 aliphatic heterocycles. The number of aromatic nitrogens is 3. The number of rotatable bonds is 5. The molecule has 7 aromatic carbocycles. The van der Waals surface area contributed by atoms with Crippen LogP contribution in [0.1, 0.15) is 0 Å². The van der Waals surface area contributed by atoms with Gasteiger partial charge in [-0.3, -0.25) is 0 Å². The minimum absolute atomic E-state index is 0.903. The van der Waals surface area contributed by atoms with Crippen molar-refractivity contribution >= 4 is 53.6 Å². The zero-order chi connectivity index (χ0) is 33.0. The van der Waals surface area contributed by atoms with Crippen LogP contribution >= 0.6 is 11.3 Å². The molecular formula is C46H29N3S. The summed E-state index contributed by atoms with van der Waals surface area (Å²) in [5.41, 5.74) is 13.2. The van der Waals surface area contributed by atoms with Gasteiger partial charge in [-0.25, -0.2) is 9.97 Å². The highest BCUT2D eigenvalue weighted by atomic mass is 32.1. The van der Waals surface area contributed by atoms with Gasteiger partial charge in [0, 0.05) is 37.7 Å². The molecule has 10 rings (SSSR count). The van der Waals surface area contributed by atoms with Gasteiger partial charge in [-0.2, -0.15) is 0 Å². The first-order valence-corrected chi connectivity index (χ1v) is 17.6. The first kappa shape index (κ1) is 28.6. The van der Waals surface area contributed by atoms with E-state index in [9.17, 15) is 0 Å². The smallest absolute Gasteiger partial charge is 0.143 e. The van der Waals surface area contributed by atoms with Crippen LogP contribution in [-0.4, -0.2) is 14.5 Å². The third-order valence-electron chi connectivity index (χ3n) is 9.62. The number of para-hydroxylation sites is 1. The predicted molar refractivity (Wildman–Crippen MR) is 211 cm³/mol. The van der Waals surface area contributed by atoms with Gasteiger partial charge in [0.05, 0.1) is 22.4 Å². The standard InChI is InChI=1S/C46H29N3S/c1-4-13-30(14-5-1)33-19-12-20-36(27-33)49-40-22-11-10-21-37(40)38-28-34(23-25-41(38)49)35-24-26-42-39(29-35)45-46(50-42)48-44(32-17-8-3-9-18-32)43(47-45)31-15-6-2-7-16-31/h1-29H. The van der Waals surface area contributed by atoms with Crippen LogP contribution in [0.15, 0.2) is 176 Å². The lowest BCUT2D eigenvalue weighted by molar-refractivity contribution is 1.18. The minimum atomic E-state index is 0.903. The second kappa shape index (κ2) is 11.7. The Morgan fingerprint density at radius 2 is 0.940 bits per heavy atom. The van der Waals surface area contributed by atoms with Crippen LogP contribution in [0.2, 0.25) is 0 Å². The minimum Gasteiger partial charge on any atom is -0.309 e. The van der Waals surface area contributed by atoms with E-state index in [1.165, 1.54) is 43.2 Å². The highest BCUT2D eigenvalue weighted by Gasteiger charge is 2.18. The first-order chi connectivity index (χ1) is 24.8. The summed E-state index contributed by atoms with van der Waals surface area (Å²) in [5.74, 6) is 0. The van der Waals surface area contributed by atoms with Crippen molar-refractivity contribution in [2.45, 2.75) is 0 Å². The number of hydrogen-bond donors (Lipinski definition) is 0. The highest BCUT2D eigenvalue weighted by Crippen LogP contribution is 2.40. The first-order valence-electron chi connectivity index (χ1n) is 16.8. The van der Waals surface area contributed by atoms with Gasteiger partial charge in [0.25, 0.3) is 0 Å². The molecule has 0 fully saturated rings. The normalized spacial score (nSPS) is 11.6. The largest absolute Gasteiger partial charge is 0.309 e. The van der Waals surface area contributed by atoms with Crippen molar-refractivity contribution in [1.29, 1.82) is 0 Å². The van der Waals surface area contributed by atoms with Gasteiger partial charge in [-0.05, 0) is 64.7 Å². The van der Waals surface area contributed by atoms with Crippen LogP contribution in [0.25, 0.3) is 92.7 Å². The quantitative estimate of drug-likeness (QED) is 0.185. The van der Waals surface area contributed by atoms with E-state index < -0.39 is 0 Å². The molecule has 3 nitrogen and oxygen atoms in total. The van der Waals surface area contributed by atoms with Crippen molar-refractivity contribution in [3.8, 4) is 50.5 Å². The van der Waals surface area contributed by atoms with E-state index in [0.717, 1.165) is 49.5 Å². The topological polar surface area (TPSA) is 30.7 Å². The molecule has 3 aromatic heterocycles. The van der Waals surface area contributed by atoms with Crippen molar-refractivity contribution in [3.05, 3.63) is 176 Å². The molecule has 0 saturated heterocycles. The Kier molecular flexibility index (Phi) is 6.68. The molecule has 4 heteroatoms. The fourth-order valence-corrected chi connectivity index (χ4v) is 8.23. The molecule has 0 aliphatic rings. The lowest BCUT2D eigenvalue weighted by Crippen LogP contribution is -1.94. The Labute approximate surface area is 293 Å². The number of fused-ring (bicyclic) bond motifs is 6. The maximum Gasteiger partial charge on any atom is 0.143 e. The van der Waals surface area contributed by atoms with Crippen molar-refractivity contribution in [2.24, 2.45) is 0 Å². The zero-order valence-corrected chi connectivity index (χ0v) is 27.8.